The molecule has 0 saturated carbocycles. The minimum Gasteiger partial charge on any atom is -0.497 e. The Balaban J connectivity index is 0.00000280. The monoisotopic (exact) mass is 403 g/mol. The first kappa shape index (κ1) is 22.2. The van der Waals surface area contributed by atoms with Gasteiger partial charge in [0.2, 0.25) is 5.91 Å². The summed E-state index contributed by atoms with van der Waals surface area (Å²) in [7, 11) is 1.65. The van der Waals surface area contributed by atoms with Gasteiger partial charge in [-0.05, 0) is 69.1 Å². The normalized spacial score (nSPS) is 17.7. The van der Waals surface area contributed by atoms with Gasteiger partial charge < -0.3 is 15.0 Å². The van der Waals surface area contributed by atoms with E-state index in [0.717, 1.165) is 49.4 Å². The van der Waals surface area contributed by atoms with Crippen molar-refractivity contribution in [3.05, 3.63) is 59.9 Å². The van der Waals surface area contributed by atoms with Crippen molar-refractivity contribution in [3.63, 3.8) is 0 Å². The molecule has 28 heavy (non-hydrogen) atoms. The Morgan fingerprint density at radius 1 is 1.21 bits per heavy atom. The van der Waals surface area contributed by atoms with Crippen LogP contribution in [-0.2, 0) is 11.3 Å². The number of carbonyl (C=O) groups is 1. The fourth-order valence-electron chi connectivity index (χ4n) is 3.65. The zero-order chi connectivity index (χ0) is 19.1. The van der Waals surface area contributed by atoms with E-state index >= 15 is 0 Å². The van der Waals surface area contributed by atoms with Gasteiger partial charge in [-0.2, -0.15) is 0 Å². The number of aromatic nitrogens is 1. The Bertz CT molecular complexity index is 716. The van der Waals surface area contributed by atoms with Crippen LogP contribution in [0.25, 0.3) is 0 Å². The van der Waals surface area contributed by atoms with Gasteiger partial charge in [-0.15, -0.1) is 12.4 Å². The second-order valence-electron chi connectivity index (χ2n) is 7.12. The highest BCUT2D eigenvalue weighted by Gasteiger charge is 2.29. The lowest BCUT2D eigenvalue weighted by atomic mass is 9.97. The lowest BCUT2D eigenvalue weighted by molar-refractivity contribution is -0.135. The molecule has 0 aliphatic carbocycles. The van der Waals surface area contributed by atoms with Gasteiger partial charge >= 0.3 is 0 Å². The predicted molar refractivity (Wildman–Crippen MR) is 114 cm³/mol. The lowest BCUT2D eigenvalue weighted by Crippen LogP contribution is -2.42. The van der Waals surface area contributed by atoms with Crippen LogP contribution in [0.15, 0.2) is 48.7 Å². The molecule has 152 valence electrons. The van der Waals surface area contributed by atoms with Crippen molar-refractivity contribution < 1.29 is 9.53 Å². The molecule has 6 heteroatoms. The largest absolute Gasteiger partial charge is 0.497 e. The molecular formula is C22H30ClN3O2. The van der Waals surface area contributed by atoms with E-state index in [1.165, 1.54) is 0 Å². The van der Waals surface area contributed by atoms with Crippen LogP contribution >= 0.6 is 12.4 Å². The average molecular weight is 404 g/mol. The van der Waals surface area contributed by atoms with Crippen molar-refractivity contribution >= 4 is 18.3 Å². The van der Waals surface area contributed by atoms with Crippen molar-refractivity contribution in [3.8, 4) is 5.75 Å². The quantitative estimate of drug-likeness (QED) is 0.797. The third-order valence-electron chi connectivity index (χ3n) is 5.31. The topological polar surface area (TPSA) is 54.5 Å². The van der Waals surface area contributed by atoms with Crippen LogP contribution < -0.4 is 10.1 Å². The summed E-state index contributed by atoms with van der Waals surface area (Å²) in [5.41, 5.74) is 1.95. The summed E-state index contributed by atoms with van der Waals surface area (Å²) in [5, 5.41) is 3.44. The smallest absolute Gasteiger partial charge is 0.230 e. The van der Waals surface area contributed by atoms with E-state index in [4.69, 9.17) is 4.74 Å². The molecule has 1 fully saturated rings. The average Bonchev–Trinajstić information content (AvgIpc) is 3.01. The maximum absolute atomic E-state index is 13.5. The Morgan fingerprint density at radius 2 is 2.00 bits per heavy atom. The molecular weight excluding hydrogens is 374 g/mol. The Kier molecular flexibility index (Phi) is 8.74. The number of pyridine rings is 1. The van der Waals surface area contributed by atoms with E-state index in [0.29, 0.717) is 6.54 Å². The zero-order valence-corrected chi connectivity index (χ0v) is 17.5. The molecule has 3 rings (SSSR count). The van der Waals surface area contributed by atoms with E-state index < -0.39 is 0 Å². The molecule has 1 saturated heterocycles. The van der Waals surface area contributed by atoms with Gasteiger partial charge in [-0.1, -0.05) is 18.2 Å². The third-order valence-corrected chi connectivity index (χ3v) is 5.31. The molecule has 2 unspecified atom stereocenters. The Labute approximate surface area is 173 Å². The number of halogens is 1. The van der Waals surface area contributed by atoms with Crippen LogP contribution in [0.2, 0.25) is 0 Å². The van der Waals surface area contributed by atoms with Crippen LogP contribution in [0.5, 0.6) is 5.75 Å². The van der Waals surface area contributed by atoms with Gasteiger partial charge in [0.1, 0.15) is 5.75 Å². The van der Waals surface area contributed by atoms with Gasteiger partial charge in [0.25, 0.3) is 0 Å². The first-order valence-corrected chi connectivity index (χ1v) is 9.74. The molecule has 0 bridgehead atoms. The van der Waals surface area contributed by atoms with Gasteiger partial charge in [0.05, 0.1) is 25.3 Å². The highest BCUT2D eigenvalue weighted by Crippen LogP contribution is 2.25. The van der Waals surface area contributed by atoms with Gasteiger partial charge in [-0.25, -0.2) is 0 Å². The van der Waals surface area contributed by atoms with Crippen molar-refractivity contribution in [2.24, 2.45) is 0 Å². The number of methoxy groups -OCH3 is 1. The third kappa shape index (κ3) is 5.69. The van der Waals surface area contributed by atoms with Crippen molar-refractivity contribution in [2.75, 3.05) is 20.2 Å². The van der Waals surface area contributed by atoms with E-state index in [2.05, 4.69) is 10.3 Å². The molecule has 1 aromatic heterocycles. The maximum atomic E-state index is 13.5. The minimum atomic E-state index is -0.198. The van der Waals surface area contributed by atoms with Crippen LogP contribution in [0, 0.1) is 0 Å². The first-order chi connectivity index (χ1) is 13.2. The number of hydrogen-bond acceptors (Lipinski definition) is 4. The Morgan fingerprint density at radius 3 is 2.68 bits per heavy atom. The summed E-state index contributed by atoms with van der Waals surface area (Å²) in [4.78, 5) is 20.0. The summed E-state index contributed by atoms with van der Waals surface area (Å²) in [6, 6.07) is 13.9. The summed E-state index contributed by atoms with van der Waals surface area (Å²) < 4.78 is 5.23. The summed E-state index contributed by atoms with van der Waals surface area (Å²) in [5.74, 6) is 0.770. The van der Waals surface area contributed by atoms with Crippen LogP contribution in [0.3, 0.4) is 0 Å². The van der Waals surface area contributed by atoms with Crippen LogP contribution in [0.1, 0.15) is 43.4 Å². The molecule has 2 atom stereocenters. The molecule has 1 amide bonds. The van der Waals surface area contributed by atoms with E-state index in [1.54, 1.807) is 13.3 Å². The van der Waals surface area contributed by atoms with Crippen LogP contribution in [0.4, 0.5) is 0 Å². The molecule has 2 aromatic rings. The summed E-state index contributed by atoms with van der Waals surface area (Å²) in [6.07, 6.45) is 4.89. The number of carbonyl (C=O) groups excluding carboxylic acids is 1. The first-order valence-electron chi connectivity index (χ1n) is 9.74. The number of ether oxygens (including phenoxy) is 1. The maximum Gasteiger partial charge on any atom is 0.230 e. The molecule has 0 radical (unpaired) electrons. The second kappa shape index (κ2) is 11.0. The Hall–Kier alpha value is -2.11. The highest BCUT2D eigenvalue weighted by molar-refractivity contribution is 5.85. The van der Waals surface area contributed by atoms with Gasteiger partial charge in [0.15, 0.2) is 0 Å². The molecule has 1 aromatic carbocycles. The molecule has 0 spiro atoms. The fourth-order valence-corrected chi connectivity index (χ4v) is 3.65. The number of nitrogens with one attached hydrogen (secondary N) is 1. The number of benzene rings is 1. The molecule has 1 aliphatic rings. The summed E-state index contributed by atoms with van der Waals surface area (Å²) >= 11 is 0. The zero-order valence-electron chi connectivity index (χ0n) is 16.6. The van der Waals surface area contributed by atoms with Crippen LogP contribution in [-0.4, -0.2) is 42.0 Å². The predicted octanol–water partition coefficient (Wildman–Crippen LogP) is 3.79. The molecule has 1 N–H and O–H groups in total. The van der Waals surface area contributed by atoms with Gasteiger partial charge in [0, 0.05) is 12.2 Å². The van der Waals surface area contributed by atoms with E-state index in [-0.39, 0.29) is 30.3 Å². The second-order valence-corrected chi connectivity index (χ2v) is 7.12. The molecule has 2 heterocycles. The highest BCUT2D eigenvalue weighted by atomic mass is 35.5. The van der Waals surface area contributed by atoms with Crippen molar-refractivity contribution in [1.82, 2.24) is 15.2 Å². The fraction of sp³-hybridized carbons (Fsp3) is 0.455. The molecule has 5 nitrogen and oxygen atoms in total. The standard InChI is InChI=1S/C22H29N3O2.ClH/c1-17(18-8-10-21(27-2)11-9-18)22(26)25(16-19-6-3-4-14-24-19)20-7-5-13-23-15-12-20;/h3-4,6,8-11,14,17,20,23H,5,7,12-13,15-16H2,1-2H3;1H. The number of amides is 1. The number of rotatable bonds is 6. The SMILES string of the molecule is COc1ccc(C(C)C(=O)N(Cc2ccccn2)C2CCCNCC2)cc1.Cl. The van der Waals surface area contributed by atoms with E-state index in [1.807, 2.05) is 54.3 Å². The summed E-state index contributed by atoms with van der Waals surface area (Å²) in [6.45, 7) is 4.53. The lowest BCUT2D eigenvalue weighted by Gasteiger charge is -2.33. The number of nitrogens with zero attached hydrogens (tertiary/aromatic N) is 2. The van der Waals surface area contributed by atoms with Crippen molar-refractivity contribution in [1.29, 1.82) is 0 Å². The van der Waals surface area contributed by atoms with Gasteiger partial charge in [-0.3, -0.25) is 9.78 Å². The molecule has 1 aliphatic heterocycles. The van der Waals surface area contributed by atoms with Crippen molar-refractivity contribution in [2.45, 2.75) is 44.7 Å². The minimum absolute atomic E-state index is 0. The van der Waals surface area contributed by atoms with E-state index in [9.17, 15) is 4.79 Å². The number of hydrogen-bond donors (Lipinski definition) is 1.